The molecule has 0 aliphatic carbocycles. The van der Waals surface area contributed by atoms with Gasteiger partial charge in [0.05, 0.1) is 16.9 Å². The lowest BCUT2D eigenvalue weighted by molar-refractivity contribution is 0.163. The van der Waals surface area contributed by atoms with E-state index in [9.17, 15) is 8.42 Å². The SMILES string of the molecule is CCCN(C(C)C)C1Cc2c(-c3ccco3)cccc2S(=O)(=O)C1. The number of furan rings is 1. The Kier molecular flexibility index (Phi) is 4.83. The number of sulfone groups is 1. The van der Waals surface area contributed by atoms with Crippen molar-refractivity contribution in [1.82, 2.24) is 4.90 Å². The molecule has 1 unspecified atom stereocenters. The van der Waals surface area contributed by atoms with Crippen LogP contribution in [0.5, 0.6) is 0 Å². The van der Waals surface area contributed by atoms with Gasteiger partial charge in [-0.15, -0.1) is 0 Å². The zero-order chi connectivity index (χ0) is 17.3. The van der Waals surface area contributed by atoms with Gasteiger partial charge in [0.1, 0.15) is 5.76 Å². The first-order chi connectivity index (χ1) is 11.4. The molecule has 0 amide bonds. The van der Waals surface area contributed by atoms with E-state index in [1.807, 2.05) is 18.2 Å². The highest BCUT2D eigenvalue weighted by molar-refractivity contribution is 7.91. The summed E-state index contributed by atoms with van der Waals surface area (Å²) < 4.78 is 31.3. The molecule has 2 heterocycles. The van der Waals surface area contributed by atoms with E-state index in [0.717, 1.165) is 36.3 Å². The van der Waals surface area contributed by atoms with Gasteiger partial charge >= 0.3 is 0 Å². The monoisotopic (exact) mass is 347 g/mol. The third-order valence-corrected chi connectivity index (χ3v) is 6.60. The number of hydrogen-bond acceptors (Lipinski definition) is 4. The van der Waals surface area contributed by atoms with Crippen molar-refractivity contribution in [1.29, 1.82) is 0 Å². The van der Waals surface area contributed by atoms with Crippen molar-refractivity contribution in [2.24, 2.45) is 0 Å². The molecule has 0 saturated carbocycles. The molecule has 1 aliphatic rings. The van der Waals surface area contributed by atoms with Crippen LogP contribution in [0.1, 0.15) is 32.8 Å². The molecule has 0 spiro atoms. The zero-order valence-electron chi connectivity index (χ0n) is 14.5. The summed E-state index contributed by atoms with van der Waals surface area (Å²) >= 11 is 0. The Bertz CT molecular complexity index is 794. The highest BCUT2D eigenvalue weighted by atomic mass is 32.2. The molecule has 24 heavy (non-hydrogen) atoms. The molecule has 3 rings (SSSR count). The van der Waals surface area contributed by atoms with Gasteiger partial charge in [0.25, 0.3) is 0 Å². The first-order valence-electron chi connectivity index (χ1n) is 8.58. The maximum Gasteiger partial charge on any atom is 0.180 e. The highest BCUT2D eigenvalue weighted by Crippen LogP contribution is 2.35. The molecule has 1 aromatic carbocycles. The zero-order valence-corrected chi connectivity index (χ0v) is 15.3. The third kappa shape index (κ3) is 3.15. The van der Waals surface area contributed by atoms with Gasteiger partial charge in [-0.3, -0.25) is 4.90 Å². The van der Waals surface area contributed by atoms with Crippen molar-refractivity contribution < 1.29 is 12.8 Å². The van der Waals surface area contributed by atoms with Crippen LogP contribution in [0, 0.1) is 0 Å². The van der Waals surface area contributed by atoms with Crippen LogP contribution in [0.2, 0.25) is 0 Å². The van der Waals surface area contributed by atoms with Crippen molar-refractivity contribution in [3.8, 4) is 11.3 Å². The second kappa shape index (κ2) is 6.73. The minimum atomic E-state index is -3.28. The Hall–Kier alpha value is -1.59. The summed E-state index contributed by atoms with van der Waals surface area (Å²) in [4.78, 5) is 2.78. The summed E-state index contributed by atoms with van der Waals surface area (Å²) in [5.41, 5.74) is 1.79. The van der Waals surface area contributed by atoms with Crippen LogP contribution in [0.3, 0.4) is 0 Å². The van der Waals surface area contributed by atoms with E-state index in [4.69, 9.17) is 4.42 Å². The van der Waals surface area contributed by atoms with Crippen LogP contribution >= 0.6 is 0 Å². The molecule has 0 radical (unpaired) electrons. The lowest BCUT2D eigenvalue weighted by atomic mass is 9.97. The standard InChI is InChI=1S/C19H25NO3S/c1-4-10-20(14(2)3)15-12-17-16(18-8-6-11-23-18)7-5-9-19(17)24(21,22)13-15/h5-9,11,14-15H,4,10,12-13H2,1-3H3. The summed E-state index contributed by atoms with van der Waals surface area (Å²) in [6.07, 6.45) is 3.38. The number of rotatable bonds is 5. The Morgan fingerprint density at radius 2 is 2.04 bits per heavy atom. The van der Waals surface area contributed by atoms with Gasteiger partial charge in [0.15, 0.2) is 9.84 Å². The minimum Gasteiger partial charge on any atom is -0.464 e. The summed E-state index contributed by atoms with van der Waals surface area (Å²) in [6, 6.07) is 9.54. The fourth-order valence-corrected chi connectivity index (χ4v) is 5.55. The van der Waals surface area contributed by atoms with Crippen LogP contribution in [-0.2, 0) is 16.3 Å². The molecule has 4 nitrogen and oxygen atoms in total. The van der Waals surface area contributed by atoms with E-state index >= 15 is 0 Å². The molecule has 0 fully saturated rings. The number of nitrogens with zero attached hydrogens (tertiary/aromatic N) is 1. The molecule has 0 saturated heterocycles. The maximum absolute atomic E-state index is 12.9. The molecule has 0 bridgehead atoms. The van der Waals surface area contributed by atoms with E-state index in [1.54, 1.807) is 18.4 Å². The normalized spacial score (nSPS) is 19.6. The fraction of sp³-hybridized carbons (Fsp3) is 0.474. The lowest BCUT2D eigenvalue weighted by Crippen LogP contribution is -2.48. The first-order valence-corrected chi connectivity index (χ1v) is 10.2. The predicted octanol–water partition coefficient (Wildman–Crippen LogP) is 3.77. The van der Waals surface area contributed by atoms with Gasteiger partial charge < -0.3 is 4.42 Å². The first kappa shape index (κ1) is 17.2. The maximum atomic E-state index is 12.9. The average molecular weight is 347 g/mol. The molecule has 0 N–H and O–H groups in total. The topological polar surface area (TPSA) is 50.5 Å². The largest absolute Gasteiger partial charge is 0.464 e. The van der Waals surface area contributed by atoms with E-state index in [-0.39, 0.29) is 11.8 Å². The van der Waals surface area contributed by atoms with Crippen LogP contribution in [0.25, 0.3) is 11.3 Å². The van der Waals surface area contributed by atoms with Crippen molar-refractivity contribution in [3.05, 3.63) is 42.2 Å². The van der Waals surface area contributed by atoms with E-state index in [0.29, 0.717) is 10.9 Å². The van der Waals surface area contributed by atoms with Gasteiger partial charge in [-0.05, 0) is 57.0 Å². The van der Waals surface area contributed by atoms with Crippen LogP contribution < -0.4 is 0 Å². The van der Waals surface area contributed by atoms with Gasteiger partial charge in [0, 0.05) is 17.6 Å². The van der Waals surface area contributed by atoms with Gasteiger partial charge in [0.2, 0.25) is 0 Å². The van der Waals surface area contributed by atoms with Gasteiger partial charge in [-0.1, -0.05) is 19.1 Å². The van der Waals surface area contributed by atoms with Crippen LogP contribution in [-0.4, -0.2) is 37.7 Å². The van der Waals surface area contributed by atoms with Gasteiger partial charge in [-0.2, -0.15) is 0 Å². The molecule has 2 aromatic rings. The molecule has 5 heteroatoms. The second-order valence-electron chi connectivity index (χ2n) is 6.73. The number of benzene rings is 1. The summed E-state index contributed by atoms with van der Waals surface area (Å²) in [5.74, 6) is 0.925. The summed E-state index contributed by atoms with van der Waals surface area (Å²) in [7, 11) is -3.28. The van der Waals surface area contributed by atoms with Gasteiger partial charge in [-0.25, -0.2) is 8.42 Å². The van der Waals surface area contributed by atoms with Crippen molar-refractivity contribution >= 4 is 9.84 Å². The molecular weight excluding hydrogens is 322 g/mol. The van der Waals surface area contributed by atoms with Crippen molar-refractivity contribution in [3.63, 3.8) is 0 Å². The highest BCUT2D eigenvalue weighted by Gasteiger charge is 2.35. The van der Waals surface area contributed by atoms with E-state index < -0.39 is 9.84 Å². The van der Waals surface area contributed by atoms with E-state index in [2.05, 4.69) is 25.7 Å². The molecular formula is C19H25NO3S. The van der Waals surface area contributed by atoms with Crippen molar-refractivity contribution in [2.75, 3.05) is 12.3 Å². The fourth-order valence-electron chi connectivity index (χ4n) is 3.70. The second-order valence-corrected chi connectivity index (χ2v) is 8.73. The Morgan fingerprint density at radius 3 is 2.67 bits per heavy atom. The quantitative estimate of drug-likeness (QED) is 0.826. The molecule has 130 valence electrons. The number of fused-ring (bicyclic) bond motifs is 1. The Labute approximate surface area is 144 Å². The van der Waals surface area contributed by atoms with Crippen LogP contribution in [0.15, 0.2) is 45.9 Å². The molecule has 1 aliphatic heterocycles. The summed E-state index contributed by atoms with van der Waals surface area (Å²) in [5, 5.41) is 0. The minimum absolute atomic E-state index is 0.0126. The smallest absolute Gasteiger partial charge is 0.180 e. The van der Waals surface area contributed by atoms with E-state index in [1.165, 1.54) is 0 Å². The van der Waals surface area contributed by atoms with Crippen molar-refractivity contribution in [2.45, 2.75) is 50.6 Å². The average Bonchev–Trinajstić information content (AvgIpc) is 3.05. The lowest BCUT2D eigenvalue weighted by Gasteiger charge is -2.38. The molecule has 1 atom stereocenters. The molecule has 1 aromatic heterocycles. The Morgan fingerprint density at radius 1 is 1.25 bits per heavy atom. The van der Waals surface area contributed by atoms with Crippen LogP contribution in [0.4, 0.5) is 0 Å². The Balaban J connectivity index is 2.08. The third-order valence-electron chi connectivity index (χ3n) is 4.72. The number of hydrogen-bond donors (Lipinski definition) is 0. The summed E-state index contributed by atoms with van der Waals surface area (Å²) in [6.45, 7) is 7.32. The predicted molar refractivity (Wildman–Crippen MR) is 95.8 cm³/mol.